The summed E-state index contributed by atoms with van der Waals surface area (Å²) in [5.41, 5.74) is 2.30. The summed E-state index contributed by atoms with van der Waals surface area (Å²) in [6.07, 6.45) is 1.38. The van der Waals surface area contributed by atoms with Crippen molar-refractivity contribution in [2.24, 2.45) is 0 Å². The van der Waals surface area contributed by atoms with Crippen molar-refractivity contribution in [1.29, 1.82) is 0 Å². The number of rotatable bonds is 9. The number of carbonyl (C=O) groups excluding carboxylic acids is 3. The summed E-state index contributed by atoms with van der Waals surface area (Å²) in [5, 5.41) is 19.2. The molecule has 0 radical (unpaired) electrons. The summed E-state index contributed by atoms with van der Waals surface area (Å²) in [5.74, 6) is -4.50. The number of aliphatic carboxylic acids is 1. The minimum Gasteiger partial charge on any atom is -0.480 e. The van der Waals surface area contributed by atoms with Gasteiger partial charge in [0.15, 0.2) is 0 Å². The maximum Gasteiger partial charge on any atom is 0.379 e. The molecule has 0 aliphatic rings. The van der Waals surface area contributed by atoms with E-state index in [9.17, 15) is 19.2 Å². The second-order valence-corrected chi connectivity index (χ2v) is 4.52. The van der Waals surface area contributed by atoms with Gasteiger partial charge in [0.05, 0.1) is 6.54 Å². The fraction of sp³-hybridized carbons (Fsp3) is 0.200. The van der Waals surface area contributed by atoms with Gasteiger partial charge in [-0.3, -0.25) is 9.59 Å². The van der Waals surface area contributed by atoms with Crippen molar-refractivity contribution in [2.45, 2.75) is 12.6 Å². The van der Waals surface area contributed by atoms with Gasteiger partial charge in [-0.1, -0.05) is 30.3 Å². The van der Waals surface area contributed by atoms with E-state index in [4.69, 9.17) is 15.1 Å². The highest BCUT2D eigenvalue weighted by Gasteiger charge is 2.19. The SMILES string of the molecule is O=C(/C=C/C(=O)C(=O)OCc1ccccc1)N[C@@H](CNO)C(=O)O. The lowest BCUT2D eigenvalue weighted by molar-refractivity contribution is -0.152. The van der Waals surface area contributed by atoms with Crippen molar-refractivity contribution in [3.05, 3.63) is 48.0 Å². The molecule has 0 bridgehead atoms. The van der Waals surface area contributed by atoms with Gasteiger partial charge >= 0.3 is 11.9 Å². The molecule has 128 valence electrons. The number of carboxylic acids is 1. The average molecular weight is 336 g/mol. The molecule has 1 atom stereocenters. The first-order chi connectivity index (χ1) is 11.4. The van der Waals surface area contributed by atoms with Crippen molar-refractivity contribution in [1.82, 2.24) is 10.8 Å². The Balaban J connectivity index is 2.47. The molecular weight excluding hydrogens is 320 g/mol. The molecule has 9 nitrogen and oxygen atoms in total. The number of ketones is 1. The first-order valence-electron chi connectivity index (χ1n) is 6.77. The summed E-state index contributed by atoms with van der Waals surface area (Å²) in [6, 6.07) is 7.30. The van der Waals surface area contributed by atoms with Crippen molar-refractivity contribution in [2.75, 3.05) is 6.54 Å². The number of ether oxygens (including phenoxy) is 1. The molecule has 0 unspecified atom stereocenters. The van der Waals surface area contributed by atoms with E-state index in [1.54, 1.807) is 35.8 Å². The van der Waals surface area contributed by atoms with Gasteiger partial charge in [0.1, 0.15) is 12.6 Å². The number of hydrogen-bond donors (Lipinski definition) is 4. The monoisotopic (exact) mass is 336 g/mol. The number of amides is 1. The van der Waals surface area contributed by atoms with Gasteiger partial charge in [0.2, 0.25) is 5.91 Å². The average Bonchev–Trinajstić information content (AvgIpc) is 2.57. The molecule has 0 aromatic heterocycles. The highest BCUT2D eigenvalue weighted by atomic mass is 16.5. The molecule has 0 saturated heterocycles. The van der Waals surface area contributed by atoms with Crippen LogP contribution in [0.4, 0.5) is 0 Å². The maximum atomic E-state index is 11.5. The smallest absolute Gasteiger partial charge is 0.379 e. The molecule has 1 amide bonds. The second-order valence-electron chi connectivity index (χ2n) is 4.52. The van der Waals surface area contributed by atoms with E-state index in [0.29, 0.717) is 17.7 Å². The Morgan fingerprint density at radius 1 is 1.12 bits per heavy atom. The predicted molar refractivity (Wildman–Crippen MR) is 79.7 cm³/mol. The molecular formula is C15H16N2O7. The summed E-state index contributed by atoms with van der Waals surface area (Å²) in [6.45, 7) is -0.517. The van der Waals surface area contributed by atoms with E-state index >= 15 is 0 Å². The Kier molecular flexibility index (Phi) is 7.82. The number of nitrogens with one attached hydrogen (secondary N) is 2. The van der Waals surface area contributed by atoms with Crippen molar-refractivity contribution >= 4 is 23.6 Å². The minimum absolute atomic E-state index is 0.0886. The first kappa shape index (κ1) is 19.0. The van der Waals surface area contributed by atoms with Gasteiger partial charge in [-0.15, -0.1) is 0 Å². The Labute approximate surface area is 136 Å². The number of benzene rings is 1. The standard InChI is InChI=1S/C15H16N2O7/c18-12(15(22)24-9-10-4-2-1-3-5-10)6-7-13(19)17-11(8-16-23)14(20)21/h1-7,11,16,23H,8-9H2,(H,17,19)(H,20,21)/b7-6+/t11-/m0/s1. The fourth-order valence-electron chi connectivity index (χ4n) is 1.52. The summed E-state index contributed by atoms with van der Waals surface area (Å²) >= 11 is 0. The maximum absolute atomic E-state index is 11.5. The lowest BCUT2D eigenvalue weighted by Gasteiger charge is -2.11. The molecule has 0 heterocycles. The molecule has 24 heavy (non-hydrogen) atoms. The van der Waals surface area contributed by atoms with Crippen LogP contribution in [0.25, 0.3) is 0 Å². The molecule has 0 spiro atoms. The molecule has 1 aromatic rings. The van der Waals surface area contributed by atoms with E-state index in [2.05, 4.69) is 0 Å². The van der Waals surface area contributed by atoms with Crippen LogP contribution >= 0.6 is 0 Å². The van der Waals surface area contributed by atoms with Crippen LogP contribution < -0.4 is 10.8 Å². The summed E-state index contributed by atoms with van der Waals surface area (Å²) in [7, 11) is 0. The van der Waals surface area contributed by atoms with Gasteiger partial charge in [0.25, 0.3) is 5.78 Å². The Hall–Kier alpha value is -3.04. The van der Waals surface area contributed by atoms with Crippen LogP contribution in [0.3, 0.4) is 0 Å². The lowest BCUT2D eigenvalue weighted by atomic mass is 10.2. The number of carboxylic acid groups (broad SMARTS) is 1. The van der Waals surface area contributed by atoms with Crippen LogP contribution in [-0.2, 0) is 30.5 Å². The van der Waals surface area contributed by atoms with Gasteiger partial charge in [-0.05, 0) is 11.6 Å². The second kappa shape index (κ2) is 9.87. The molecule has 1 rings (SSSR count). The molecule has 4 N–H and O–H groups in total. The van der Waals surface area contributed by atoms with Crippen molar-refractivity contribution in [3.63, 3.8) is 0 Å². The van der Waals surface area contributed by atoms with Crippen LogP contribution in [0, 0.1) is 0 Å². The predicted octanol–water partition coefficient (Wildman–Crippen LogP) is -0.597. The molecule has 0 aliphatic heterocycles. The highest BCUT2D eigenvalue weighted by molar-refractivity contribution is 6.38. The van der Waals surface area contributed by atoms with Gasteiger partial charge in [-0.2, -0.15) is 0 Å². The largest absolute Gasteiger partial charge is 0.480 e. The Bertz CT molecular complexity index is 628. The molecule has 0 saturated carbocycles. The quantitative estimate of drug-likeness (QED) is 0.203. The number of esters is 1. The van der Waals surface area contributed by atoms with Crippen molar-refractivity contribution in [3.8, 4) is 0 Å². The fourth-order valence-corrected chi connectivity index (χ4v) is 1.52. The highest BCUT2D eigenvalue weighted by Crippen LogP contribution is 2.01. The van der Waals surface area contributed by atoms with Crippen LogP contribution in [0.2, 0.25) is 0 Å². The number of carbonyl (C=O) groups is 4. The van der Waals surface area contributed by atoms with E-state index in [0.717, 1.165) is 0 Å². The van der Waals surface area contributed by atoms with Gasteiger partial charge in [0, 0.05) is 6.08 Å². The third-order valence-electron chi connectivity index (χ3n) is 2.71. The van der Waals surface area contributed by atoms with Crippen molar-refractivity contribution < 1.29 is 34.2 Å². The summed E-state index contributed by atoms with van der Waals surface area (Å²) < 4.78 is 4.77. The van der Waals surface area contributed by atoms with Gasteiger partial charge < -0.3 is 20.4 Å². The van der Waals surface area contributed by atoms with E-state index in [1.165, 1.54) is 0 Å². The van der Waals surface area contributed by atoms with Crippen LogP contribution in [-0.4, -0.2) is 46.5 Å². The van der Waals surface area contributed by atoms with Crippen LogP contribution in [0.5, 0.6) is 0 Å². The lowest BCUT2D eigenvalue weighted by Crippen LogP contribution is -2.46. The third-order valence-corrected chi connectivity index (χ3v) is 2.71. The zero-order valence-electron chi connectivity index (χ0n) is 12.5. The number of hydroxylamine groups is 1. The third kappa shape index (κ3) is 6.81. The van der Waals surface area contributed by atoms with Crippen LogP contribution in [0.1, 0.15) is 5.56 Å². The van der Waals surface area contributed by atoms with E-state index < -0.39 is 36.2 Å². The Morgan fingerprint density at radius 2 is 1.79 bits per heavy atom. The van der Waals surface area contributed by atoms with Gasteiger partial charge in [-0.25, -0.2) is 15.1 Å². The van der Waals surface area contributed by atoms with E-state index in [1.807, 2.05) is 5.32 Å². The topological polar surface area (TPSA) is 142 Å². The molecule has 9 heteroatoms. The molecule has 0 fully saturated rings. The zero-order valence-corrected chi connectivity index (χ0v) is 12.5. The molecule has 0 aliphatic carbocycles. The normalized spacial score (nSPS) is 11.7. The van der Waals surface area contributed by atoms with E-state index in [-0.39, 0.29) is 6.61 Å². The Morgan fingerprint density at radius 3 is 2.38 bits per heavy atom. The molecule has 1 aromatic carbocycles. The summed E-state index contributed by atoms with van der Waals surface area (Å²) in [4.78, 5) is 45.2. The number of hydrogen-bond acceptors (Lipinski definition) is 7. The minimum atomic E-state index is -1.40. The first-order valence-corrected chi connectivity index (χ1v) is 6.77. The van der Waals surface area contributed by atoms with Crippen LogP contribution in [0.15, 0.2) is 42.5 Å². The zero-order chi connectivity index (χ0) is 17.9.